The van der Waals surface area contributed by atoms with Crippen molar-refractivity contribution in [2.75, 3.05) is 13.2 Å². The summed E-state index contributed by atoms with van der Waals surface area (Å²) in [6, 6.07) is 3.10. The van der Waals surface area contributed by atoms with Gasteiger partial charge in [0.2, 0.25) is 0 Å². The lowest BCUT2D eigenvalue weighted by Crippen LogP contribution is -2.10. The van der Waals surface area contributed by atoms with Crippen LogP contribution in [0.15, 0.2) is 37.4 Å². The molecule has 1 rings (SSSR count). The Kier molecular flexibility index (Phi) is 6.20. The SMILES string of the molecule is C=CCOc1cc(CC(=O)O)c(C(C)=O)c(OCC=C)c1. The van der Waals surface area contributed by atoms with E-state index in [0.29, 0.717) is 17.1 Å². The number of aliphatic carboxylic acids is 1. The molecule has 0 radical (unpaired) electrons. The Balaban J connectivity index is 3.33. The highest BCUT2D eigenvalue weighted by atomic mass is 16.5. The number of ether oxygens (including phenoxy) is 2. The van der Waals surface area contributed by atoms with Gasteiger partial charge in [0.1, 0.15) is 24.7 Å². The van der Waals surface area contributed by atoms with Gasteiger partial charge in [-0.15, -0.1) is 0 Å². The van der Waals surface area contributed by atoms with Crippen molar-refractivity contribution in [3.63, 3.8) is 0 Å². The predicted octanol–water partition coefficient (Wildman–Crippen LogP) is 2.65. The minimum Gasteiger partial charge on any atom is -0.489 e. The van der Waals surface area contributed by atoms with Gasteiger partial charge in [-0.3, -0.25) is 9.59 Å². The Morgan fingerprint density at radius 2 is 1.81 bits per heavy atom. The van der Waals surface area contributed by atoms with E-state index in [1.807, 2.05) is 0 Å². The van der Waals surface area contributed by atoms with Crippen LogP contribution in [0, 0.1) is 0 Å². The van der Waals surface area contributed by atoms with Gasteiger partial charge in [-0.2, -0.15) is 0 Å². The summed E-state index contributed by atoms with van der Waals surface area (Å²) in [6.07, 6.45) is 2.82. The second kappa shape index (κ2) is 7.89. The second-order valence-electron chi connectivity index (χ2n) is 4.28. The van der Waals surface area contributed by atoms with Gasteiger partial charge < -0.3 is 14.6 Å². The molecule has 0 bridgehead atoms. The zero-order valence-electron chi connectivity index (χ0n) is 11.9. The molecule has 1 aromatic rings. The average Bonchev–Trinajstić information content (AvgIpc) is 2.41. The second-order valence-corrected chi connectivity index (χ2v) is 4.28. The van der Waals surface area contributed by atoms with Crippen molar-refractivity contribution in [3.8, 4) is 11.5 Å². The maximum Gasteiger partial charge on any atom is 0.307 e. The van der Waals surface area contributed by atoms with E-state index in [-0.39, 0.29) is 31.0 Å². The standard InChI is InChI=1S/C16H18O5/c1-4-6-20-13-8-12(9-15(18)19)16(11(3)17)14(10-13)21-7-5-2/h4-5,8,10H,1-2,6-7,9H2,3H3,(H,18,19). The molecule has 0 saturated heterocycles. The lowest BCUT2D eigenvalue weighted by Gasteiger charge is -2.15. The largest absolute Gasteiger partial charge is 0.489 e. The van der Waals surface area contributed by atoms with E-state index in [2.05, 4.69) is 13.2 Å². The zero-order valence-corrected chi connectivity index (χ0v) is 11.9. The molecule has 0 aliphatic heterocycles. The minimum atomic E-state index is -1.03. The summed E-state index contributed by atoms with van der Waals surface area (Å²) < 4.78 is 10.9. The highest BCUT2D eigenvalue weighted by Gasteiger charge is 2.18. The van der Waals surface area contributed by atoms with Gasteiger partial charge in [-0.1, -0.05) is 25.3 Å². The zero-order chi connectivity index (χ0) is 15.8. The molecular weight excluding hydrogens is 272 g/mol. The summed E-state index contributed by atoms with van der Waals surface area (Å²) in [5.74, 6) is -0.580. The van der Waals surface area contributed by atoms with E-state index >= 15 is 0 Å². The Hall–Kier alpha value is -2.56. The topological polar surface area (TPSA) is 72.8 Å². The van der Waals surface area contributed by atoms with Crippen molar-refractivity contribution in [1.29, 1.82) is 0 Å². The lowest BCUT2D eigenvalue weighted by atomic mass is 10.00. The number of benzene rings is 1. The summed E-state index contributed by atoms with van der Waals surface area (Å²) in [5.41, 5.74) is 0.612. The van der Waals surface area contributed by atoms with Gasteiger partial charge in [0.15, 0.2) is 5.78 Å². The third-order valence-electron chi connectivity index (χ3n) is 2.58. The summed E-state index contributed by atoms with van der Waals surface area (Å²) >= 11 is 0. The first-order valence-electron chi connectivity index (χ1n) is 6.36. The third-order valence-corrected chi connectivity index (χ3v) is 2.58. The van der Waals surface area contributed by atoms with Crippen LogP contribution in [0.2, 0.25) is 0 Å². The number of hydrogen-bond donors (Lipinski definition) is 1. The number of carbonyl (C=O) groups excluding carboxylic acids is 1. The Labute approximate surface area is 123 Å². The minimum absolute atomic E-state index is 0.206. The first kappa shape index (κ1) is 16.5. The number of rotatable bonds is 9. The molecule has 5 heteroatoms. The van der Waals surface area contributed by atoms with Crippen LogP contribution in [0.4, 0.5) is 0 Å². The monoisotopic (exact) mass is 290 g/mol. The smallest absolute Gasteiger partial charge is 0.307 e. The van der Waals surface area contributed by atoms with Crippen molar-refractivity contribution < 1.29 is 24.2 Å². The predicted molar refractivity (Wildman–Crippen MR) is 79.2 cm³/mol. The van der Waals surface area contributed by atoms with Crippen LogP contribution in [0.3, 0.4) is 0 Å². The summed E-state index contributed by atoms with van der Waals surface area (Å²) in [4.78, 5) is 22.8. The van der Waals surface area contributed by atoms with Crippen LogP contribution in [0.5, 0.6) is 11.5 Å². The lowest BCUT2D eigenvalue weighted by molar-refractivity contribution is -0.136. The van der Waals surface area contributed by atoms with E-state index in [4.69, 9.17) is 14.6 Å². The van der Waals surface area contributed by atoms with Crippen LogP contribution >= 0.6 is 0 Å². The van der Waals surface area contributed by atoms with Gasteiger partial charge in [-0.05, 0) is 18.6 Å². The number of hydrogen-bond acceptors (Lipinski definition) is 4. The first-order valence-corrected chi connectivity index (χ1v) is 6.36. The maximum absolute atomic E-state index is 11.8. The molecule has 0 fully saturated rings. The van der Waals surface area contributed by atoms with Crippen LogP contribution in [-0.4, -0.2) is 30.1 Å². The van der Waals surface area contributed by atoms with Crippen molar-refractivity contribution in [3.05, 3.63) is 48.6 Å². The van der Waals surface area contributed by atoms with Gasteiger partial charge in [0, 0.05) is 6.07 Å². The van der Waals surface area contributed by atoms with E-state index in [1.165, 1.54) is 19.1 Å². The third kappa shape index (κ3) is 4.80. The molecule has 1 aromatic carbocycles. The van der Waals surface area contributed by atoms with Gasteiger partial charge >= 0.3 is 5.97 Å². The highest BCUT2D eigenvalue weighted by Crippen LogP contribution is 2.30. The molecule has 5 nitrogen and oxygen atoms in total. The van der Waals surface area contributed by atoms with Crippen LogP contribution < -0.4 is 9.47 Å². The Bertz CT molecular complexity index is 560. The molecule has 0 atom stereocenters. The molecule has 0 aliphatic rings. The normalized spacial score (nSPS) is 9.76. The summed E-state index contributed by atoms with van der Waals surface area (Å²) in [7, 11) is 0. The van der Waals surface area contributed by atoms with Gasteiger partial charge in [0.05, 0.1) is 12.0 Å². The molecular formula is C16H18O5. The number of ketones is 1. The molecule has 0 aromatic heterocycles. The van der Waals surface area contributed by atoms with Gasteiger partial charge in [0.25, 0.3) is 0 Å². The van der Waals surface area contributed by atoms with E-state index in [9.17, 15) is 9.59 Å². The number of Topliss-reactive ketones (excluding diaryl/α,β-unsaturated/α-hetero) is 1. The number of carboxylic acid groups (broad SMARTS) is 1. The fourth-order valence-electron chi connectivity index (χ4n) is 1.85. The molecule has 0 aliphatic carbocycles. The first-order chi connectivity index (χ1) is 9.99. The Morgan fingerprint density at radius 1 is 1.19 bits per heavy atom. The average molecular weight is 290 g/mol. The van der Waals surface area contributed by atoms with Crippen molar-refractivity contribution >= 4 is 11.8 Å². The number of carbonyl (C=O) groups is 2. The maximum atomic E-state index is 11.8. The fourth-order valence-corrected chi connectivity index (χ4v) is 1.85. The van der Waals surface area contributed by atoms with E-state index in [0.717, 1.165) is 0 Å². The summed E-state index contributed by atoms with van der Waals surface area (Å²) in [6.45, 7) is 8.93. The quantitative estimate of drug-likeness (QED) is 0.559. The Morgan fingerprint density at radius 3 is 2.33 bits per heavy atom. The molecule has 112 valence electrons. The van der Waals surface area contributed by atoms with Crippen molar-refractivity contribution in [2.24, 2.45) is 0 Å². The number of carboxylic acids is 1. The van der Waals surface area contributed by atoms with E-state index in [1.54, 1.807) is 12.1 Å². The highest BCUT2D eigenvalue weighted by molar-refractivity contribution is 5.99. The fraction of sp³-hybridized carbons (Fsp3) is 0.250. The molecule has 0 amide bonds. The molecule has 1 N–H and O–H groups in total. The van der Waals surface area contributed by atoms with Crippen LogP contribution in [-0.2, 0) is 11.2 Å². The molecule has 0 unspecified atom stereocenters. The van der Waals surface area contributed by atoms with Crippen molar-refractivity contribution in [1.82, 2.24) is 0 Å². The van der Waals surface area contributed by atoms with E-state index < -0.39 is 5.97 Å². The van der Waals surface area contributed by atoms with Crippen LogP contribution in [0.25, 0.3) is 0 Å². The molecule has 21 heavy (non-hydrogen) atoms. The molecule has 0 heterocycles. The van der Waals surface area contributed by atoms with Crippen molar-refractivity contribution in [2.45, 2.75) is 13.3 Å². The van der Waals surface area contributed by atoms with Crippen LogP contribution in [0.1, 0.15) is 22.8 Å². The molecule has 0 spiro atoms. The summed E-state index contributed by atoms with van der Waals surface area (Å²) in [5, 5.41) is 8.98. The van der Waals surface area contributed by atoms with Gasteiger partial charge in [-0.25, -0.2) is 0 Å². The molecule has 0 saturated carbocycles.